The zero-order valence-corrected chi connectivity index (χ0v) is 6.79. The van der Waals surface area contributed by atoms with Crippen LogP contribution < -0.4 is 10.6 Å². The van der Waals surface area contributed by atoms with Crippen LogP contribution in [0.2, 0.25) is 0 Å². The number of hydrogen-bond donors (Lipinski definition) is 2. The van der Waals surface area contributed by atoms with Crippen LogP contribution in [0.1, 0.15) is 0 Å². The minimum absolute atomic E-state index is 0.613. The first-order valence-electron chi connectivity index (χ1n) is 3.04. The Bertz CT molecular complexity index is 170. The highest BCUT2D eigenvalue weighted by molar-refractivity contribution is 5.69. The van der Waals surface area contributed by atoms with Crippen molar-refractivity contribution in [1.29, 1.82) is 0 Å². The van der Waals surface area contributed by atoms with Gasteiger partial charge in [-0.25, -0.2) is 9.59 Å². The molecule has 0 rings (SSSR count). The number of nitrogens with one attached hydrogen (secondary N) is 2. The van der Waals surface area contributed by atoms with Crippen molar-refractivity contribution >= 4 is 12.2 Å². The normalized spacial score (nSPS) is 9.17. The van der Waals surface area contributed by atoms with Gasteiger partial charge in [-0.15, -0.1) is 0 Å². The molecule has 0 fully saturated rings. The number of carbonyl (C=O) groups is 2. The molecule has 0 radical (unpaired) electrons. The van der Waals surface area contributed by atoms with E-state index >= 15 is 0 Å². The second-order valence-electron chi connectivity index (χ2n) is 1.61. The molecule has 0 aromatic carbocycles. The topological polar surface area (TPSA) is 76.7 Å². The van der Waals surface area contributed by atoms with Gasteiger partial charge in [0.25, 0.3) is 0 Å². The summed E-state index contributed by atoms with van der Waals surface area (Å²) in [6, 6.07) is 0. The van der Waals surface area contributed by atoms with Gasteiger partial charge in [0.1, 0.15) is 0 Å². The quantitative estimate of drug-likeness (QED) is 0.625. The van der Waals surface area contributed by atoms with Gasteiger partial charge in [0.2, 0.25) is 0 Å². The lowest BCUT2D eigenvalue weighted by Crippen LogP contribution is -2.20. The highest BCUT2D eigenvalue weighted by Gasteiger charge is 1.93. The van der Waals surface area contributed by atoms with E-state index in [1.807, 2.05) is 0 Å². The van der Waals surface area contributed by atoms with Crippen molar-refractivity contribution in [2.24, 2.45) is 0 Å². The monoisotopic (exact) mass is 174 g/mol. The summed E-state index contributed by atoms with van der Waals surface area (Å²) in [4.78, 5) is 20.8. The molecule has 12 heavy (non-hydrogen) atoms. The van der Waals surface area contributed by atoms with Crippen LogP contribution in [-0.4, -0.2) is 26.4 Å². The fourth-order valence-corrected chi connectivity index (χ4v) is 0.337. The lowest BCUT2D eigenvalue weighted by atomic mass is 10.8. The minimum Gasteiger partial charge on any atom is -0.453 e. The molecule has 0 aliphatic heterocycles. The van der Waals surface area contributed by atoms with Crippen LogP contribution in [0, 0.1) is 0 Å². The van der Waals surface area contributed by atoms with Crippen molar-refractivity contribution in [2.75, 3.05) is 14.2 Å². The highest BCUT2D eigenvalue weighted by Crippen LogP contribution is 1.72. The Kier molecular flexibility index (Phi) is 5.16. The second kappa shape index (κ2) is 6.02. The maximum absolute atomic E-state index is 10.4. The van der Waals surface area contributed by atoms with Gasteiger partial charge in [-0.3, -0.25) is 10.6 Å². The number of hydrogen-bond acceptors (Lipinski definition) is 4. The molecule has 0 spiro atoms. The van der Waals surface area contributed by atoms with Crippen molar-refractivity contribution in [2.45, 2.75) is 0 Å². The van der Waals surface area contributed by atoms with E-state index in [0.717, 1.165) is 0 Å². The zero-order chi connectivity index (χ0) is 9.40. The van der Waals surface area contributed by atoms with E-state index in [1.165, 1.54) is 26.6 Å². The third kappa shape index (κ3) is 5.10. The summed E-state index contributed by atoms with van der Waals surface area (Å²) >= 11 is 0. The van der Waals surface area contributed by atoms with Crippen LogP contribution in [0.15, 0.2) is 12.4 Å². The smallest absolute Gasteiger partial charge is 0.410 e. The van der Waals surface area contributed by atoms with Gasteiger partial charge in [-0.2, -0.15) is 0 Å². The summed E-state index contributed by atoms with van der Waals surface area (Å²) in [5, 5.41) is 4.40. The number of carbonyl (C=O) groups excluding carboxylic acids is 2. The summed E-state index contributed by atoms with van der Waals surface area (Å²) in [5.74, 6) is 0. The molecule has 0 aliphatic carbocycles. The number of alkyl carbamates (subject to hydrolysis) is 2. The van der Waals surface area contributed by atoms with Gasteiger partial charge in [-0.05, 0) is 0 Å². The predicted octanol–water partition coefficient (Wildman–Crippen LogP) is 0.170. The maximum Gasteiger partial charge on any atom is 0.410 e. The Balaban J connectivity index is 3.50. The average Bonchev–Trinajstić information content (AvgIpc) is 2.11. The number of ether oxygens (including phenoxy) is 2. The van der Waals surface area contributed by atoms with Crippen LogP contribution >= 0.6 is 0 Å². The van der Waals surface area contributed by atoms with Crippen LogP contribution in [0.3, 0.4) is 0 Å². The van der Waals surface area contributed by atoms with Gasteiger partial charge in [-0.1, -0.05) is 0 Å². The van der Waals surface area contributed by atoms with Crippen LogP contribution in [-0.2, 0) is 9.47 Å². The second-order valence-corrected chi connectivity index (χ2v) is 1.61. The molecule has 0 aromatic heterocycles. The molecule has 2 amide bonds. The third-order valence-electron chi connectivity index (χ3n) is 0.856. The molecule has 0 heterocycles. The number of amides is 2. The molecule has 0 bridgehead atoms. The van der Waals surface area contributed by atoms with Gasteiger partial charge >= 0.3 is 12.2 Å². The van der Waals surface area contributed by atoms with Crippen LogP contribution in [0.25, 0.3) is 0 Å². The average molecular weight is 174 g/mol. The van der Waals surface area contributed by atoms with Crippen LogP contribution in [0.4, 0.5) is 9.59 Å². The molecule has 68 valence electrons. The first-order chi connectivity index (χ1) is 5.70. The van der Waals surface area contributed by atoms with Crippen molar-refractivity contribution in [3.8, 4) is 0 Å². The van der Waals surface area contributed by atoms with E-state index < -0.39 is 12.2 Å². The standard InChI is InChI=1S/C6H10N2O4/c1-11-5(9)7-3-4-8-6(10)12-2/h3-4H,1-2H3,(H,7,9)(H,8,10). The molecule has 6 heteroatoms. The van der Waals surface area contributed by atoms with Gasteiger partial charge in [0, 0.05) is 12.4 Å². The minimum atomic E-state index is -0.613. The summed E-state index contributed by atoms with van der Waals surface area (Å²) < 4.78 is 8.48. The molecule has 0 saturated carbocycles. The van der Waals surface area contributed by atoms with E-state index in [2.05, 4.69) is 20.1 Å². The zero-order valence-electron chi connectivity index (χ0n) is 6.79. The van der Waals surface area contributed by atoms with Crippen molar-refractivity contribution in [3.63, 3.8) is 0 Å². The lowest BCUT2D eigenvalue weighted by Gasteiger charge is -1.97. The summed E-state index contributed by atoms with van der Waals surface area (Å²) in [5.41, 5.74) is 0. The van der Waals surface area contributed by atoms with E-state index in [4.69, 9.17) is 0 Å². The molecule has 0 unspecified atom stereocenters. The summed E-state index contributed by atoms with van der Waals surface area (Å²) in [6.45, 7) is 0. The first kappa shape index (κ1) is 10.3. The molecular weight excluding hydrogens is 164 g/mol. The van der Waals surface area contributed by atoms with Crippen molar-refractivity contribution in [3.05, 3.63) is 12.4 Å². The Hall–Kier alpha value is -1.72. The summed E-state index contributed by atoms with van der Waals surface area (Å²) in [7, 11) is 2.47. The SMILES string of the molecule is COC(=O)NC=CNC(=O)OC. The molecule has 2 N–H and O–H groups in total. The van der Waals surface area contributed by atoms with Crippen molar-refractivity contribution in [1.82, 2.24) is 10.6 Å². The fourth-order valence-electron chi connectivity index (χ4n) is 0.337. The highest BCUT2D eigenvalue weighted by atomic mass is 16.5. The van der Waals surface area contributed by atoms with Gasteiger partial charge in [0.05, 0.1) is 14.2 Å². The molecule has 0 aromatic rings. The first-order valence-corrected chi connectivity index (χ1v) is 3.04. The molecular formula is C6H10N2O4. The Morgan fingerprint density at radius 3 is 1.58 bits per heavy atom. The molecule has 0 saturated heterocycles. The van der Waals surface area contributed by atoms with E-state index in [1.54, 1.807) is 0 Å². The Morgan fingerprint density at radius 1 is 1.00 bits per heavy atom. The Labute approximate surface area is 69.5 Å². The van der Waals surface area contributed by atoms with E-state index in [-0.39, 0.29) is 0 Å². The summed E-state index contributed by atoms with van der Waals surface area (Å²) in [6.07, 6.45) is 1.20. The molecule has 0 atom stereocenters. The van der Waals surface area contributed by atoms with Gasteiger partial charge < -0.3 is 9.47 Å². The predicted molar refractivity (Wildman–Crippen MR) is 40.2 cm³/mol. The third-order valence-corrected chi connectivity index (χ3v) is 0.856. The fraction of sp³-hybridized carbons (Fsp3) is 0.333. The number of rotatable bonds is 2. The Morgan fingerprint density at radius 2 is 1.33 bits per heavy atom. The maximum atomic E-state index is 10.4. The van der Waals surface area contributed by atoms with Gasteiger partial charge in [0.15, 0.2) is 0 Å². The van der Waals surface area contributed by atoms with Crippen molar-refractivity contribution < 1.29 is 19.1 Å². The number of methoxy groups -OCH3 is 2. The molecule has 0 aliphatic rings. The molecule has 6 nitrogen and oxygen atoms in total. The lowest BCUT2D eigenvalue weighted by molar-refractivity contribution is 0.173. The van der Waals surface area contributed by atoms with E-state index in [0.29, 0.717) is 0 Å². The van der Waals surface area contributed by atoms with Crippen LogP contribution in [0.5, 0.6) is 0 Å². The largest absolute Gasteiger partial charge is 0.453 e. The van der Waals surface area contributed by atoms with E-state index in [9.17, 15) is 9.59 Å².